The highest BCUT2D eigenvalue weighted by Crippen LogP contribution is 2.38. The molecule has 2 amide bonds. The summed E-state index contributed by atoms with van der Waals surface area (Å²) in [5.41, 5.74) is 4.52. The number of benzene rings is 2. The van der Waals surface area contributed by atoms with Crippen molar-refractivity contribution >= 4 is 44.9 Å². The topological polar surface area (TPSA) is 132 Å². The lowest BCUT2D eigenvalue weighted by Gasteiger charge is -2.31. The van der Waals surface area contributed by atoms with Gasteiger partial charge in [0.25, 0.3) is 10.0 Å². The van der Waals surface area contributed by atoms with E-state index in [0.29, 0.717) is 43.4 Å². The number of anilines is 2. The van der Waals surface area contributed by atoms with E-state index in [1.165, 1.54) is 23.9 Å². The molecule has 0 radical (unpaired) electrons. The Hall–Kier alpha value is -4.20. The van der Waals surface area contributed by atoms with E-state index in [0.717, 1.165) is 40.3 Å². The number of esters is 1. The first-order valence-electron chi connectivity index (χ1n) is 15.4. The van der Waals surface area contributed by atoms with Crippen LogP contribution in [0.4, 0.5) is 16.3 Å². The SMILES string of the molecule is COC(=O)c1csc(S(=O)(=O)N2CCC(Cc3ccc(NC(=O)Nc4cc(C(C)(C)C)nn4-c4ccc(C)cc4)cc3)CC2)c1OC. The Balaban J connectivity index is 1.18. The number of nitrogens with one attached hydrogen (secondary N) is 2. The van der Waals surface area contributed by atoms with Crippen LogP contribution < -0.4 is 15.4 Å². The zero-order valence-electron chi connectivity index (χ0n) is 27.5. The summed E-state index contributed by atoms with van der Waals surface area (Å²) in [5.74, 6) is 0.263. The number of nitrogens with zero attached hydrogens (tertiary/aromatic N) is 3. The van der Waals surface area contributed by atoms with Crippen molar-refractivity contribution in [1.29, 1.82) is 0 Å². The van der Waals surface area contributed by atoms with Gasteiger partial charge in [-0.25, -0.2) is 22.7 Å². The van der Waals surface area contributed by atoms with Gasteiger partial charge in [-0.05, 0) is 61.9 Å². The summed E-state index contributed by atoms with van der Waals surface area (Å²) < 4.78 is 40.1. The predicted octanol–water partition coefficient (Wildman–Crippen LogP) is 6.62. The molecule has 4 aromatic rings. The number of sulfonamides is 1. The summed E-state index contributed by atoms with van der Waals surface area (Å²) in [7, 11) is -1.23. The number of aryl methyl sites for hydroxylation is 1. The maximum atomic E-state index is 13.4. The normalized spacial score (nSPS) is 14.5. The van der Waals surface area contributed by atoms with Crippen LogP contribution in [0.15, 0.2) is 64.2 Å². The maximum Gasteiger partial charge on any atom is 0.342 e. The molecule has 1 fully saturated rings. The van der Waals surface area contributed by atoms with Gasteiger partial charge in [0, 0.05) is 35.6 Å². The minimum atomic E-state index is -3.82. The van der Waals surface area contributed by atoms with Crippen LogP contribution in [0.3, 0.4) is 0 Å². The Morgan fingerprint density at radius 2 is 1.66 bits per heavy atom. The smallest absolute Gasteiger partial charge is 0.342 e. The van der Waals surface area contributed by atoms with Gasteiger partial charge in [-0.3, -0.25) is 5.32 Å². The summed E-state index contributed by atoms with van der Waals surface area (Å²) in [5, 5.41) is 12.1. The lowest BCUT2D eigenvalue weighted by Crippen LogP contribution is -2.38. The van der Waals surface area contributed by atoms with Gasteiger partial charge in [-0.2, -0.15) is 9.40 Å². The first-order valence-corrected chi connectivity index (χ1v) is 17.7. The monoisotopic (exact) mass is 679 g/mol. The Morgan fingerprint density at radius 3 is 2.26 bits per heavy atom. The molecule has 2 N–H and O–H groups in total. The van der Waals surface area contributed by atoms with Gasteiger partial charge in [-0.1, -0.05) is 50.6 Å². The van der Waals surface area contributed by atoms with E-state index in [1.54, 1.807) is 4.68 Å². The summed E-state index contributed by atoms with van der Waals surface area (Å²) in [6.07, 6.45) is 2.19. The van der Waals surface area contributed by atoms with Crippen LogP contribution in [0.2, 0.25) is 0 Å². The van der Waals surface area contributed by atoms with Crippen LogP contribution >= 0.6 is 11.3 Å². The summed E-state index contributed by atoms with van der Waals surface area (Å²) in [4.78, 5) is 25.1. The molecule has 0 unspecified atom stereocenters. The fraction of sp³-hybridized carbons (Fsp3) is 0.382. The van der Waals surface area contributed by atoms with Crippen molar-refractivity contribution in [2.45, 2.75) is 56.6 Å². The highest BCUT2D eigenvalue weighted by molar-refractivity contribution is 7.91. The minimum absolute atomic E-state index is 0.0141. The lowest BCUT2D eigenvalue weighted by molar-refractivity contribution is 0.0597. The average Bonchev–Trinajstić information content (AvgIpc) is 3.68. The molecule has 11 nitrogen and oxygen atoms in total. The van der Waals surface area contributed by atoms with E-state index in [9.17, 15) is 18.0 Å². The van der Waals surface area contributed by atoms with Gasteiger partial charge in [0.05, 0.1) is 25.6 Å². The number of urea groups is 1. The molecule has 2 aromatic heterocycles. The summed E-state index contributed by atoms with van der Waals surface area (Å²) in [6.45, 7) is 9.01. The second-order valence-corrected chi connectivity index (χ2v) is 15.7. The molecular formula is C34H41N5O6S2. The maximum absolute atomic E-state index is 13.4. The molecule has 13 heteroatoms. The van der Waals surface area contributed by atoms with Crippen LogP contribution in [-0.2, 0) is 26.6 Å². The van der Waals surface area contributed by atoms with E-state index in [4.69, 9.17) is 14.6 Å². The van der Waals surface area contributed by atoms with E-state index < -0.39 is 16.0 Å². The number of carbonyl (C=O) groups is 2. The van der Waals surface area contributed by atoms with Crippen LogP contribution in [0.5, 0.6) is 5.75 Å². The highest BCUT2D eigenvalue weighted by atomic mass is 32.2. The predicted molar refractivity (Wildman–Crippen MR) is 183 cm³/mol. The van der Waals surface area contributed by atoms with Gasteiger partial charge >= 0.3 is 12.0 Å². The average molecular weight is 680 g/mol. The van der Waals surface area contributed by atoms with E-state index in [-0.39, 0.29) is 27.0 Å². The number of carbonyl (C=O) groups excluding carboxylic acids is 2. The second kappa shape index (κ2) is 13.9. The number of rotatable bonds is 9. The van der Waals surface area contributed by atoms with Gasteiger partial charge in [0.2, 0.25) is 0 Å². The van der Waals surface area contributed by atoms with Crippen LogP contribution in [0.25, 0.3) is 5.69 Å². The molecule has 0 atom stereocenters. The van der Waals surface area contributed by atoms with Gasteiger partial charge in [0.15, 0.2) is 9.96 Å². The van der Waals surface area contributed by atoms with Crippen LogP contribution in [0, 0.1) is 12.8 Å². The Morgan fingerprint density at radius 1 is 1.00 bits per heavy atom. The van der Waals surface area contributed by atoms with Crippen molar-refractivity contribution in [2.75, 3.05) is 37.9 Å². The molecule has 0 saturated carbocycles. The van der Waals surface area contributed by atoms with Gasteiger partial charge < -0.3 is 14.8 Å². The number of ether oxygens (including phenoxy) is 2. The number of aromatic nitrogens is 2. The highest BCUT2D eigenvalue weighted by Gasteiger charge is 2.35. The van der Waals surface area contributed by atoms with Gasteiger partial charge in [0.1, 0.15) is 11.4 Å². The molecule has 1 saturated heterocycles. The number of hydrogen-bond donors (Lipinski definition) is 2. The van der Waals surface area contributed by atoms with Crippen molar-refractivity contribution in [3.8, 4) is 11.4 Å². The molecule has 2 aromatic carbocycles. The van der Waals surface area contributed by atoms with Crippen molar-refractivity contribution in [3.63, 3.8) is 0 Å². The number of hydrogen-bond acceptors (Lipinski definition) is 8. The molecule has 250 valence electrons. The van der Waals surface area contributed by atoms with Crippen molar-refractivity contribution in [2.24, 2.45) is 5.92 Å². The lowest BCUT2D eigenvalue weighted by atomic mass is 9.91. The molecule has 1 aliphatic rings. The minimum Gasteiger partial charge on any atom is -0.494 e. The number of thiophene rings is 1. The quantitative estimate of drug-likeness (QED) is 0.190. The molecular weight excluding hydrogens is 639 g/mol. The zero-order chi connectivity index (χ0) is 33.9. The number of amides is 2. The third-order valence-electron chi connectivity index (χ3n) is 8.21. The Kier molecular flexibility index (Phi) is 10.1. The third-order valence-corrected chi connectivity index (χ3v) is 11.6. The second-order valence-electron chi connectivity index (χ2n) is 12.7. The largest absolute Gasteiger partial charge is 0.494 e. The standard InChI is InChI=1S/C34H41N5O6S2/c1-22-7-13-26(14-8-22)39-29(20-28(37-39)34(2,3)4)36-33(41)35-25-11-9-23(10-12-25)19-24-15-17-38(18-16-24)47(42,43)32-30(44-5)27(21-46-32)31(40)45-6/h7-14,20-21,24H,15-19H2,1-6H3,(H2,35,36,41). The van der Waals surface area contributed by atoms with E-state index >= 15 is 0 Å². The first kappa shape index (κ1) is 34.1. The fourth-order valence-corrected chi connectivity index (χ4v) is 8.51. The molecule has 0 aliphatic carbocycles. The van der Waals surface area contributed by atoms with E-state index in [2.05, 4.69) is 31.4 Å². The Bertz CT molecular complexity index is 1830. The third kappa shape index (κ3) is 7.69. The Labute approximate surface area is 279 Å². The summed E-state index contributed by atoms with van der Waals surface area (Å²) >= 11 is 0.962. The number of piperidine rings is 1. The van der Waals surface area contributed by atoms with Crippen molar-refractivity contribution in [3.05, 3.63) is 82.4 Å². The summed E-state index contributed by atoms with van der Waals surface area (Å²) in [6, 6.07) is 17.2. The first-order chi connectivity index (χ1) is 22.3. The zero-order valence-corrected chi connectivity index (χ0v) is 29.1. The van der Waals surface area contributed by atoms with Gasteiger partial charge in [-0.15, -0.1) is 11.3 Å². The van der Waals surface area contributed by atoms with Crippen molar-refractivity contribution < 1.29 is 27.5 Å². The molecule has 5 rings (SSSR count). The molecule has 47 heavy (non-hydrogen) atoms. The molecule has 3 heterocycles. The number of methoxy groups -OCH3 is 2. The molecule has 0 spiro atoms. The van der Waals surface area contributed by atoms with E-state index in [1.807, 2.05) is 61.5 Å². The molecule has 1 aliphatic heterocycles. The molecule has 0 bridgehead atoms. The van der Waals surface area contributed by atoms with Crippen LogP contribution in [-0.4, -0.2) is 61.8 Å². The van der Waals surface area contributed by atoms with Crippen LogP contribution in [0.1, 0.15) is 60.8 Å². The fourth-order valence-electron chi connectivity index (χ4n) is 5.48. The van der Waals surface area contributed by atoms with Crippen molar-refractivity contribution in [1.82, 2.24) is 14.1 Å².